The van der Waals surface area contributed by atoms with Gasteiger partial charge < -0.3 is 0 Å². The molecule has 104 valence electrons. The van der Waals surface area contributed by atoms with Gasteiger partial charge in [0.1, 0.15) is 11.9 Å². The lowest BCUT2D eigenvalue weighted by Gasteiger charge is -2.12. The molecular formula is C18H6Br2O2. The van der Waals surface area contributed by atoms with E-state index in [9.17, 15) is 9.59 Å². The van der Waals surface area contributed by atoms with Gasteiger partial charge in [0.2, 0.25) is 0 Å². The molecule has 0 bridgehead atoms. The second kappa shape index (κ2) is 4.77. The van der Waals surface area contributed by atoms with Gasteiger partial charge in [-0.1, -0.05) is 44.0 Å². The lowest BCUT2D eigenvalue weighted by Crippen LogP contribution is -2.29. The van der Waals surface area contributed by atoms with Crippen molar-refractivity contribution in [1.29, 1.82) is 0 Å². The van der Waals surface area contributed by atoms with Crippen molar-refractivity contribution in [3.63, 3.8) is 0 Å². The summed E-state index contributed by atoms with van der Waals surface area (Å²) in [4.78, 5) is 23.0. The molecule has 0 spiro atoms. The quantitative estimate of drug-likeness (QED) is 0.415. The third-order valence-electron chi connectivity index (χ3n) is 3.95. The van der Waals surface area contributed by atoms with E-state index in [0.717, 1.165) is 41.3 Å². The molecule has 0 saturated heterocycles. The highest BCUT2D eigenvalue weighted by Crippen LogP contribution is 2.34. The number of carbonyl (C=O) groups excluding carboxylic acids is 2. The van der Waals surface area contributed by atoms with Crippen LogP contribution in [0.25, 0.3) is 32.3 Å². The van der Waals surface area contributed by atoms with Gasteiger partial charge in [0, 0.05) is 19.7 Å². The Hall–Kier alpha value is -1.96. The van der Waals surface area contributed by atoms with Crippen molar-refractivity contribution in [3.05, 3.63) is 55.8 Å². The number of hydrogen-bond donors (Lipinski definition) is 0. The van der Waals surface area contributed by atoms with E-state index >= 15 is 0 Å². The Morgan fingerprint density at radius 2 is 1.09 bits per heavy atom. The first kappa shape index (κ1) is 13.7. The van der Waals surface area contributed by atoms with Crippen LogP contribution in [0.1, 0.15) is 0 Å². The van der Waals surface area contributed by atoms with Crippen LogP contribution in [-0.2, 0) is 9.59 Å². The molecule has 0 atom stereocenters. The molecule has 0 aliphatic rings. The van der Waals surface area contributed by atoms with Gasteiger partial charge in [0.15, 0.2) is 0 Å². The molecule has 22 heavy (non-hydrogen) atoms. The van der Waals surface area contributed by atoms with Crippen LogP contribution in [0.15, 0.2) is 45.3 Å². The van der Waals surface area contributed by atoms with Crippen LogP contribution in [0.4, 0.5) is 0 Å². The zero-order valence-electron chi connectivity index (χ0n) is 11.0. The topological polar surface area (TPSA) is 34.1 Å². The van der Waals surface area contributed by atoms with Gasteiger partial charge in [-0.2, -0.15) is 0 Å². The average molecular weight is 414 g/mol. The Morgan fingerprint density at radius 1 is 0.682 bits per heavy atom. The zero-order valence-corrected chi connectivity index (χ0v) is 14.2. The first-order valence-electron chi connectivity index (χ1n) is 6.51. The van der Waals surface area contributed by atoms with Gasteiger partial charge in [0.05, 0.1) is 10.4 Å². The number of halogens is 2. The Morgan fingerprint density at radius 3 is 1.45 bits per heavy atom. The molecule has 4 heteroatoms. The molecule has 0 aliphatic carbocycles. The van der Waals surface area contributed by atoms with Crippen LogP contribution in [-0.4, -0.2) is 11.9 Å². The predicted molar refractivity (Wildman–Crippen MR) is 94.4 cm³/mol. The molecule has 0 fully saturated rings. The van der Waals surface area contributed by atoms with E-state index in [-0.39, 0.29) is 10.4 Å². The SMILES string of the molecule is O=C=c1c(=C=O)c2cc(Br)cc3ccc4cc(Br)cc1c4c32. The fraction of sp³-hybridized carbons (Fsp3) is 0. The van der Waals surface area contributed by atoms with Gasteiger partial charge in [-0.25, -0.2) is 9.59 Å². The summed E-state index contributed by atoms with van der Waals surface area (Å²) in [5.74, 6) is 3.85. The standard InChI is InChI=1S/C18H6Br2O2/c19-11-3-9-1-2-10-4-12(20)6-14-16(8-22)15(7-21)13(5-11)17(9)18(10)14/h1-6H. The predicted octanol–water partition coefficient (Wildman–Crippen LogP) is 3.12. The maximum absolute atomic E-state index is 11.5. The number of benzene rings is 4. The average Bonchev–Trinajstić information content (AvgIpc) is 2.50. The van der Waals surface area contributed by atoms with Gasteiger partial charge >= 0.3 is 0 Å². The zero-order chi connectivity index (χ0) is 15.4. The minimum atomic E-state index is 0.263. The van der Waals surface area contributed by atoms with Crippen molar-refractivity contribution < 1.29 is 9.59 Å². The van der Waals surface area contributed by atoms with E-state index in [1.54, 1.807) is 0 Å². The van der Waals surface area contributed by atoms with E-state index in [0.29, 0.717) is 0 Å². The first-order valence-corrected chi connectivity index (χ1v) is 8.09. The molecule has 2 nitrogen and oxygen atoms in total. The molecule has 4 aromatic rings. The molecule has 0 heterocycles. The number of hydrogen-bond acceptors (Lipinski definition) is 2. The van der Waals surface area contributed by atoms with Crippen molar-refractivity contribution in [1.82, 2.24) is 0 Å². The maximum atomic E-state index is 11.5. The van der Waals surface area contributed by atoms with E-state index in [4.69, 9.17) is 0 Å². The largest absolute Gasteiger partial charge is 0.233 e. The molecule has 0 aliphatic heterocycles. The molecule has 0 radical (unpaired) electrons. The first-order chi connectivity index (χ1) is 10.6. The smallest absolute Gasteiger partial charge is 0.134 e. The summed E-state index contributed by atoms with van der Waals surface area (Å²) < 4.78 is 1.71. The highest BCUT2D eigenvalue weighted by atomic mass is 79.9. The summed E-state index contributed by atoms with van der Waals surface area (Å²) in [6.45, 7) is 0. The number of rotatable bonds is 0. The van der Waals surface area contributed by atoms with Crippen molar-refractivity contribution >= 4 is 76.1 Å². The Kier molecular flexibility index (Phi) is 2.97. The third kappa shape index (κ3) is 1.73. The van der Waals surface area contributed by atoms with Gasteiger partial charge in [-0.3, -0.25) is 0 Å². The minimum absolute atomic E-state index is 0.263. The lowest BCUT2D eigenvalue weighted by atomic mass is 9.92. The molecule has 0 aromatic heterocycles. The van der Waals surface area contributed by atoms with Crippen LogP contribution < -0.4 is 10.4 Å². The van der Waals surface area contributed by atoms with Crippen LogP contribution in [0.3, 0.4) is 0 Å². The highest BCUT2D eigenvalue weighted by Gasteiger charge is 2.14. The summed E-state index contributed by atoms with van der Waals surface area (Å²) in [6, 6.07) is 11.7. The Balaban J connectivity index is 2.62. The van der Waals surface area contributed by atoms with Crippen LogP contribution in [0, 0.1) is 0 Å². The van der Waals surface area contributed by atoms with E-state index in [1.807, 2.05) is 48.3 Å². The molecule has 0 saturated carbocycles. The van der Waals surface area contributed by atoms with Crippen LogP contribution in [0.5, 0.6) is 0 Å². The maximum Gasteiger partial charge on any atom is 0.134 e. The monoisotopic (exact) mass is 412 g/mol. The van der Waals surface area contributed by atoms with Crippen LogP contribution >= 0.6 is 31.9 Å². The molecule has 0 unspecified atom stereocenters. The molecule has 0 N–H and O–H groups in total. The van der Waals surface area contributed by atoms with Gasteiger partial charge in [-0.15, -0.1) is 0 Å². The van der Waals surface area contributed by atoms with Crippen molar-refractivity contribution in [3.8, 4) is 0 Å². The fourth-order valence-corrected chi connectivity index (χ4v) is 4.08. The second-order valence-electron chi connectivity index (χ2n) is 5.12. The fourth-order valence-electron chi connectivity index (χ4n) is 3.13. The molecule has 4 rings (SSSR count). The molecular weight excluding hydrogens is 408 g/mol. The van der Waals surface area contributed by atoms with E-state index in [2.05, 4.69) is 31.9 Å². The molecule has 0 amide bonds. The summed E-state index contributed by atoms with van der Waals surface area (Å²) in [6.07, 6.45) is 0. The summed E-state index contributed by atoms with van der Waals surface area (Å²) in [5.41, 5.74) is 0. The van der Waals surface area contributed by atoms with Crippen molar-refractivity contribution in [2.75, 3.05) is 0 Å². The Bertz CT molecular complexity index is 1150. The van der Waals surface area contributed by atoms with E-state index in [1.165, 1.54) is 0 Å². The van der Waals surface area contributed by atoms with Crippen LogP contribution in [0.2, 0.25) is 0 Å². The van der Waals surface area contributed by atoms with Gasteiger partial charge in [-0.05, 0) is 45.8 Å². The summed E-state index contributed by atoms with van der Waals surface area (Å²) in [7, 11) is 0. The summed E-state index contributed by atoms with van der Waals surface area (Å²) in [5, 5.41) is 5.94. The molecule has 4 aromatic carbocycles. The normalized spacial score (nSPS) is 11.2. The van der Waals surface area contributed by atoms with Crippen molar-refractivity contribution in [2.45, 2.75) is 0 Å². The Labute approximate surface area is 141 Å². The van der Waals surface area contributed by atoms with E-state index < -0.39 is 0 Å². The summed E-state index contributed by atoms with van der Waals surface area (Å²) >= 11 is 6.92. The lowest BCUT2D eigenvalue weighted by molar-refractivity contribution is 0.564. The third-order valence-corrected chi connectivity index (χ3v) is 4.87. The van der Waals surface area contributed by atoms with Crippen molar-refractivity contribution in [2.24, 2.45) is 0 Å². The minimum Gasteiger partial charge on any atom is -0.233 e. The highest BCUT2D eigenvalue weighted by molar-refractivity contribution is 9.10. The van der Waals surface area contributed by atoms with Gasteiger partial charge in [0.25, 0.3) is 0 Å². The second-order valence-corrected chi connectivity index (χ2v) is 6.95.